The molecule has 86 valence electrons. The van der Waals surface area contributed by atoms with Crippen LogP contribution >= 0.6 is 0 Å². The van der Waals surface area contributed by atoms with E-state index in [9.17, 15) is 9.18 Å². The highest BCUT2D eigenvalue weighted by Gasteiger charge is 2.16. The first-order chi connectivity index (χ1) is 8.20. The van der Waals surface area contributed by atoms with Gasteiger partial charge in [-0.25, -0.2) is 9.38 Å². The number of anilines is 1. The van der Waals surface area contributed by atoms with E-state index in [2.05, 4.69) is 15.3 Å². The number of aryl methyl sites for hydroxylation is 1. The number of aromatic nitrogens is 2. The quantitative estimate of drug-likeness (QED) is 0.813. The van der Waals surface area contributed by atoms with Gasteiger partial charge in [0.05, 0.1) is 11.7 Å². The lowest BCUT2D eigenvalue weighted by atomic mass is 10.2. The second-order valence-corrected chi connectivity index (χ2v) is 3.73. The van der Waals surface area contributed by atoms with Crippen molar-refractivity contribution in [3.05, 3.63) is 28.4 Å². The summed E-state index contributed by atoms with van der Waals surface area (Å²) in [7, 11) is 0. The topological polar surface area (TPSA) is 59.3 Å². The SMILES string of the molecule is CCn1cc2cc(F)c(=O)nc3c2c1N=CN3. The lowest BCUT2D eigenvalue weighted by Gasteiger charge is -2.07. The molecule has 0 radical (unpaired) electrons. The minimum Gasteiger partial charge on any atom is -0.332 e. The molecule has 3 rings (SSSR count). The molecule has 0 aromatic carbocycles. The Labute approximate surface area is 95.6 Å². The van der Waals surface area contributed by atoms with Crippen molar-refractivity contribution in [1.82, 2.24) is 9.55 Å². The molecule has 0 unspecified atom stereocenters. The van der Waals surface area contributed by atoms with Crippen molar-refractivity contribution in [1.29, 1.82) is 0 Å². The molecule has 3 heterocycles. The van der Waals surface area contributed by atoms with Gasteiger partial charge >= 0.3 is 5.56 Å². The zero-order valence-electron chi connectivity index (χ0n) is 9.07. The molecular formula is C11H9FN4O. The van der Waals surface area contributed by atoms with Gasteiger partial charge in [-0.15, -0.1) is 0 Å². The van der Waals surface area contributed by atoms with Gasteiger partial charge in [0.2, 0.25) is 0 Å². The summed E-state index contributed by atoms with van der Waals surface area (Å²) in [4.78, 5) is 19.2. The first-order valence-electron chi connectivity index (χ1n) is 5.23. The Morgan fingerprint density at radius 2 is 2.35 bits per heavy atom. The zero-order valence-corrected chi connectivity index (χ0v) is 9.07. The van der Waals surface area contributed by atoms with E-state index in [-0.39, 0.29) is 0 Å². The third-order valence-electron chi connectivity index (χ3n) is 2.74. The number of nitrogens with zero attached hydrogens (tertiary/aromatic N) is 3. The molecule has 0 spiro atoms. The van der Waals surface area contributed by atoms with Crippen LogP contribution in [0.1, 0.15) is 6.92 Å². The van der Waals surface area contributed by atoms with Crippen molar-refractivity contribution in [3.63, 3.8) is 0 Å². The van der Waals surface area contributed by atoms with Crippen LogP contribution in [-0.2, 0) is 6.54 Å². The highest BCUT2D eigenvalue weighted by molar-refractivity contribution is 6.06. The number of rotatable bonds is 1. The fourth-order valence-electron chi connectivity index (χ4n) is 1.97. The maximum absolute atomic E-state index is 13.4. The van der Waals surface area contributed by atoms with Crippen LogP contribution in [0.5, 0.6) is 0 Å². The van der Waals surface area contributed by atoms with Gasteiger partial charge in [0.15, 0.2) is 5.82 Å². The summed E-state index contributed by atoms with van der Waals surface area (Å²) in [5.41, 5.74) is -0.868. The molecule has 1 aliphatic rings. The first-order valence-corrected chi connectivity index (χ1v) is 5.23. The van der Waals surface area contributed by atoms with E-state index >= 15 is 0 Å². The molecule has 0 fully saturated rings. The van der Waals surface area contributed by atoms with Crippen LogP contribution in [0.3, 0.4) is 0 Å². The van der Waals surface area contributed by atoms with Crippen LogP contribution in [0.25, 0.3) is 10.8 Å². The van der Waals surface area contributed by atoms with Crippen molar-refractivity contribution in [2.75, 3.05) is 5.32 Å². The number of hydrogen-bond donors (Lipinski definition) is 1. The van der Waals surface area contributed by atoms with Crippen LogP contribution in [0.15, 0.2) is 22.1 Å². The van der Waals surface area contributed by atoms with Gasteiger partial charge in [-0.1, -0.05) is 0 Å². The normalized spacial score (nSPS) is 12.8. The maximum Gasteiger partial charge on any atom is 0.307 e. The summed E-state index contributed by atoms with van der Waals surface area (Å²) in [6.07, 6.45) is 3.22. The van der Waals surface area contributed by atoms with Gasteiger partial charge in [-0.2, -0.15) is 4.98 Å². The van der Waals surface area contributed by atoms with Crippen LogP contribution in [-0.4, -0.2) is 15.9 Å². The Morgan fingerprint density at radius 3 is 3.12 bits per heavy atom. The third kappa shape index (κ3) is 1.33. The van der Waals surface area contributed by atoms with Crippen molar-refractivity contribution in [2.45, 2.75) is 13.5 Å². The predicted octanol–water partition coefficient (Wildman–Crippen LogP) is 1.64. The lowest BCUT2D eigenvalue weighted by molar-refractivity contribution is 0.613. The third-order valence-corrected chi connectivity index (χ3v) is 2.74. The van der Waals surface area contributed by atoms with Crippen molar-refractivity contribution in [3.8, 4) is 0 Å². The van der Waals surface area contributed by atoms with Gasteiger partial charge in [-0.3, -0.25) is 4.79 Å². The predicted molar refractivity (Wildman–Crippen MR) is 63.4 cm³/mol. The van der Waals surface area contributed by atoms with Gasteiger partial charge in [0, 0.05) is 18.1 Å². The fourth-order valence-corrected chi connectivity index (χ4v) is 1.97. The average Bonchev–Trinajstić information content (AvgIpc) is 2.62. The molecule has 0 saturated carbocycles. The van der Waals surface area contributed by atoms with Crippen molar-refractivity contribution >= 4 is 28.7 Å². The monoisotopic (exact) mass is 232 g/mol. The molecule has 0 aliphatic carbocycles. The highest BCUT2D eigenvalue weighted by Crippen LogP contribution is 2.34. The Balaban J connectivity index is 2.54. The van der Waals surface area contributed by atoms with E-state index in [1.807, 2.05) is 11.5 Å². The molecule has 0 amide bonds. The lowest BCUT2D eigenvalue weighted by Crippen LogP contribution is -2.10. The molecule has 5 nitrogen and oxygen atoms in total. The largest absolute Gasteiger partial charge is 0.332 e. The minimum absolute atomic E-state index is 0.353. The Bertz CT molecular complexity index is 705. The van der Waals surface area contributed by atoms with Crippen molar-refractivity contribution in [2.24, 2.45) is 4.99 Å². The van der Waals surface area contributed by atoms with E-state index in [0.717, 1.165) is 6.54 Å². The number of aliphatic imine (C=N–C) groups is 1. The summed E-state index contributed by atoms with van der Waals surface area (Å²) in [6.45, 7) is 2.69. The summed E-state index contributed by atoms with van der Waals surface area (Å²) < 4.78 is 15.3. The number of halogens is 1. The Hall–Kier alpha value is -2.24. The Kier molecular flexibility index (Phi) is 1.98. The molecule has 1 N–H and O–H groups in total. The second kappa shape index (κ2) is 3.38. The van der Waals surface area contributed by atoms with Crippen molar-refractivity contribution < 1.29 is 4.39 Å². The standard InChI is InChI=1S/C11H9FN4O/c1-2-16-4-6-3-7(12)11(17)15-9-8(6)10(16)14-5-13-9/h3-5H,2H2,1H3,(H,13,14,15,17). The van der Waals surface area contributed by atoms with E-state index in [0.29, 0.717) is 22.4 Å². The molecule has 1 aliphatic heterocycles. The van der Waals surface area contributed by atoms with Gasteiger partial charge in [0.25, 0.3) is 0 Å². The molecule has 0 bridgehead atoms. The summed E-state index contributed by atoms with van der Waals surface area (Å²) in [5.74, 6) is 0.189. The van der Waals surface area contributed by atoms with E-state index in [1.54, 1.807) is 6.20 Å². The molecule has 0 saturated heterocycles. The molecule has 2 aromatic heterocycles. The summed E-state index contributed by atoms with van der Waals surface area (Å²) in [6, 6.07) is 1.20. The highest BCUT2D eigenvalue weighted by atomic mass is 19.1. The number of nitrogens with one attached hydrogen (secondary N) is 1. The fraction of sp³-hybridized carbons (Fsp3) is 0.182. The molecule has 6 heteroatoms. The summed E-state index contributed by atoms with van der Waals surface area (Å²) in [5, 5.41) is 4.06. The maximum atomic E-state index is 13.4. The smallest absolute Gasteiger partial charge is 0.307 e. The molecule has 0 atom stereocenters. The Morgan fingerprint density at radius 1 is 1.53 bits per heavy atom. The molecule has 17 heavy (non-hydrogen) atoms. The van der Waals surface area contributed by atoms with Gasteiger partial charge in [-0.05, 0) is 13.0 Å². The average molecular weight is 232 g/mol. The van der Waals surface area contributed by atoms with E-state index in [1.165, 1.54) is 12.4 Å². The second-order valence-electron chi connectivity index (χ2n) is 3.73. The molecular weight excluding hydrogens is 223 g/mol. The van der Waals surface area contributed by atoms with Gasteiger partial charge in [0.1, 0.15) is 11.6 Å². The summed E-state index contributed by atoms with van der Waals surface area (Å²) >= 11 is 0. The van der Waals surface area contributed by atoms with E-state index in [4.69, 9.17) is 0 Å². The zero-order chi connectivity index (χ0) is 12.0. The van der Waals surface area contributed by atoms with Crippen LogP contribution in [0.4, 0.5) is 16.0 Å². The van der Waals surface area contributed by atoms with Crippen LogP contribution < -0.4 is 10.9 Å². The van der Waals surface area contributed by atoms with E-state index < -0.39 is 11.4 Å². The van der Waals surface area contributed by atoms with Crippen LogP contribution in [0.2, 0.25) is 0 Å². The first kappa shape index (κ1) is 9.95. The van der Waals surface area contributed by atoms with Gasteiger partial charge < -0.3 is 9.88 Å². The minimum atomic E-state index is -0.868. The number of hydrogen-bond acceptors (Lipinski definition) is 4. The molecule has 2 aromatic rings. The van der Waals surface area contributed by atoms with Crippen LogP contribution in [0, 0.1) is 5.82 Å².